The minimum Gasteiger partial charge on any atom is -0.496 e. The van der Waals surface area contributed by atoms with E-state index in [0.29, 0.717) is 13.0 Å². The first-order valence-electron chi connectivity index (χ1n) is 9.28. The van der Waals surface area contributed by atoms with Crippen molar-refractivity contribution in [3.8, 4) is 11.5 Å². The second-order valence-electron chi connectivity index (χ2n) is 7.10. The van der Waals surface area contributed by atoms with Crippen LogP contribution in [0.15, 0.2) is 41.9 Å². The van der Waals surface area contributed by atoms with E-state index in [2.05, 4.69) is 16.8 Å². The number of carbonyl (C=O) groups is 1. The zero-order chi connectivity index (χ0) is 21.0. The molecule has 0 fully saturated rings. The summed E-state index contributed by atoms with van der Waals surface area (Å²) in [5.74, 6) is 1.49. The second-order valence-corrected chi connectivity index (χ2v) is 7.10. The zero-order valence-corrected chi connectivity index (χ0v) is 18.0. The van der Waals surface area contributed by atoms with Gasteiger partial charge in [0, 0.05) is 31.8 Å². The quantitative estimate of drug-likeness (QED) is 0.780. The summed E-state index contributed by atoms with van der Waals surface area (Å²) in [7, 11) is 9.26. The van der Waals surface area contributed by atoms with E-state index in [1.54, 1.807) is 14.2 Å². The minimum absolute atomic E-state index is 0.0401. The Morgan fingerprint density at radius 2 is 1.79 bits per heavy atom. The van der Waals surface area contributed by atoms with Gasteiger partial charge < -0.3 is 24.6 Å². The molecule has 6 heteroatoms. The predicted octanol–water partition coefficient (Wildman–Crippen LogP) is 3.37. The predicted molar refractivity (Wildman–Crippen MR) is 113 cm³/mol. The van der Waals surface area contributed by atoms with Crippen LogP contribution in [0.4, 0.5) is 0 Å². The Balaban J connectivity index is 2.60. The summed E-state index contributed by atoms with van der Waals surface area (Å²) in [4.78, 5) is 16.0. The molecule has 0 spiro atoms. The third-order valence-corrected chi connectivity index (χ3v) is 4.79. The van der Waals surface area contributed by atoms with E-state index in [9.17, 15) is 4.79 Å². The van der Waals surface area contributed by atoms with Crippen molar-refractivity contribution in [1.82, 2.24) is 15.1 Å². The summed E-state index contributed by atoms with van der Waals surface area (Å²) in [5.41, 5.74) is 5.38. The molecule has 1 N–H and O–H groups in total. The van der Waals surface area contributed by atoms with Gasteiger partial charge in [0.1, 0.15) is 11.5 Å². The van der Waals surface area contributed by atoms with Crippen LogP contribution in [0.3, 0.4) is 0 Å². The van der Waals surface area contributed by atoms with E-state index >= 15 is 0 Å². The summed E-state index contributed by atoms with van der Waals surface area (Å²) < 4.78 is 11.3. The van der Waals surface area contributed by atoms with Gasteiger partial charge in [-0.25, -0.2) is 0 Å². The molecular weight excluding hydrogens is 354 g/mol. The van der Waals surface area contributed by atoms with Crippen LogP contribution in [0.2, 0.25) is 0 Å². The number of nitrogens with zero attached hydrogens (tertiary/aromatic N) is 2. The molecule has 0 bridgehead atoms. The molecule has 1 aromatic rings. The van der Waals surface area contributed by atoms with Crippen LogP contribution in [0, 0.1) is 0 Å². The van der Waals surface area contributed by atoms with Crippen molar-refractivity contribution in [2.75, 3.05) is 35.4 Å². The highest BCUT2D eigenvalue weighted by Crippen LogP contribution is 2.39. The molecule has 0 aromatic heterocycles. The van der Waals surface area contributed by atoms with Gasteiger partial charge in [0.2, 0.25) is 5.91 Å². The zero-order valence-electron chi connectivity index (χ0n) is 18.0. The van der Waals surface area contributed by atoms with Crippen molar-refractivity contribution in [2.45, 2.75) is 26.8 Å². The number of benzene rings is 1. The second kappa shape index (κ2) is 8.97. The minimum atomic E-state index is -0.0401. The van der Waals surface area contributed by atoms with Crippen LogP contribution in [-0.4, -0.2) is 51.1 Å². The van der Waals surface area contributed by atoms with Crippen LogP contribution < -0.4 is 14.8 Å². The number of allylic oxidation sites excluding steroid dienone is 2. The SMILES string of the molecule is C=C1C(NC(=O)CC)=C(C)C(c2cc(OC)c(CN(C)C)c(OC)c2)=CN1C. The number of amides is 1. The highest BCUT2D eigenvalue weighted by atomic mass is 16.5. The smallest absolute Gasteiger partial charge is 0.224 e. The number of likely N-dealkylation sites (N-methyl/N-ethyl adjacent to an activating group) is 1. The average molecular weight is 386 g/mol. The number of methoxy groups -OCH3 is 2. The van der Waals surface area contributed by atoms with Gasteiger partial charge in [-0.1, -0.05) is 13.5 Å². The molecule has 6 nitrogen and oxygen atoms in total. The topological polar surface area (TPSA) is 54.0 Å². The standard InChI is InChI=1S/C22H31N3O3/c1-9-21(26)23-22-14(2)17(13-25(6)15(22)3)16-10-19(27-7)18(12-24(4)5)20(11-16)28-8/h10-11,13H,3,9,12H2,1-2,4-8H3,(H,23,26). The number of nitrogens with one attached hydrogen (secondary N) is 1. The van der Waals surface area contributed by atoms with E-state index in [1.807, 2.05) is 58.2 Å². The summed E-state index contributed by atoms with van der Waals surface area (Å²) in [6, 6.07) is 4.02. The molecule has 152 valence electrons. The first-order valence-corrected chi connectivity index (χ1v) is 9.28. The van der Waals surface area contributed by atoms with Crippen molar-refractivity contribution in [2.24, 2.45) is 0 Å². The third kappa shape index (κ3) is 4.39. The summed E-state index contributed by atoms with van der Waals surface area (Å²) >= 11 is 0. The molecule has 0 radical (unpaired) electrons. The van der Waals surface area contributed by atoms with Crippen LogP contribution in [0.5, 0.6) is 11.5 Å². The van der Waals surface area contributed by atoms with Crippen LogP contribution in [-0.2, 0) is 11.3 Å². The highest BCUT2D eigenvalue weighted by Gasteiger charge is 2.23. The lowest BCUT2D eigenvalue weighted by Gasteiger charge is -2.30. The molecular formula is C22H31N3O3. The van der Waals surface area contributed by atoms with E-state index in [1.165, 1.54) is 0 Å². The van der Waals surface area contributed by atoms with E-state index in [-0.39, 0.29) is 5.91 Å². The van der Waals surface area contributed by atoms with E-state index in [0.717, 1.165) is 45.2 Å². The lowest BCUT2D eigenvalue weighted by Crippen LogP contribution is -2.30. The van der Waals surface area contributed by atoms with Crippen LogP contribution in [0.25, 0.3) is 5.57 Å². The molecule has 1 aromatic carbocycles. The third-order valence-electron chi connectivity index (χ3n) is 4.79. The molecule has 28 heavy (non-hydrogen) atoms. The van der Waals surface area contributed by atoms with Gasteiger partial charge in [0.25, 0.3) is 0 Å². The molecule has 1 amide bonds. The Hall–Kier alpha value is -2.73. The Labute approximate surface area is 168 Å². The molecule has 0 unspecified atom stereocenters. The fourth-order valence-electron chi connectivity index (χ4n) is 3.19. The number of ether oxygens (including phenoxy) is 2. The Morgan fingerprint density at radius 1 is 1.21 bits per heavy atom. The van der Waals surface area contributed by atoms with Gasteiger partial charge in [0.15, 0.2) is 0 Å². The molecule has 1 aliphatic rings. The molecule has 0 aliphatic carbocycles. The lowest BCUT2D eigenvalue weighted by atomic mass is 9.93. The summed E-state index contributed by atoms with van der Waals surface area (Å²) in [5, 5.41) is 2.98. The average Bonchev–Trinajstić information content (AvgIpc) is 2.67. The Kier molecular flexibility index (Phi) is 6.91. The van der Waals surface area contributed by atoms with Crippen molar-refractivity contribution in [3.63, 3.8) is 0 Å². The number of hydrogen-bond acceptors (Lipinski definition) is 5. The van der Waals surface area contributed by atoms with Crippen molar-refractivity contribution in [3.05, 3.63) is 53.0 Å². The summed E-state index contributed by atoms with van der Waals surface area (Å²) in [6.07, 6.45) is 2.42. The molecule has 0 saturated heterocycles. The van der Waals surface area contributed by atoms with Gasteiger partial charge in [-0.15, -0.1) is 0 Å². The molecule has 0 atom stereocenters. The number of carbonyl (C=O) groups excluding carboxylic acids is 1. The van der Waals surface area contributed by atoms with Crippen LogP contribution >= 0.6 is 0 Å². The normalized spacial score (nSPS) is 14.4. The van der Waals surface area contributed by atoms with Gasteiger partial charge in [-0.2, -0.15) is 0 Å². The van der Waals surface area contributed by atoms with Gasteiger partial charge in [-0.3, -0.25) is 4.79 Å². The Bertz CT molecular complexity index is 812. The van der Waals surface area contributed by atoms with Gasteiger partial charge >= 0.3 is 0 Å². The maximum Gasteiger partial charge on any atom is 0.224 e. The molecule has 2 rings (SSSR count). The van der Waals surface area contributed by atoms with E-state index < -0.39 is 0 Å². The first kappa shape index (κ1) is 21.6. The fourth-order valence-corrected chi connectivity index (χ4v) is 3.19. The molecule has 1 aliphatic heterocycles. The Morgan fingerprint density at radius 3 is 2.25 bits per heavy atom. The largest absolute Gasteiger partial charge is 0.496 e. The van der Waals surface area contributed by atoms with E-state index in [4.69, 9.17) is 9.47 Å². The molecule has 0 saturated carbocycles. The van der Waals surface area contributed by atoms with Gasteiger partial charge in [-0.05, 0) is 44.3 Å². The van der Waals surface area contributed by atoms with Crippen molar-refractivity contribution in [1.29, 1.82) is 0 Å². The monoisotopic (exact) mass is 385 g/mol. The maximum absolute atomic E-state index is 12.0. The van der Waals surface area contributed by atoms with Crippen LogP contribution in [0.1, 0.15) is 31.4 Å². The fraction of sp³-hybridized carbons (Fsp3) is 0.409. The first-order chi connectivity index (χ1) is 13.2. The maximum atomic E-state index is 12.0. The lowest BCUT2D eigenvalue weighted by molar-refractivity contribution is -0.120. The number of hydrogen-bond donors (Lipinski definition) is 1. The van der Waals surface area contributed by atoms with Gasteiger partial charge in [0.05, 0.1) is 31.2 Å². The van der Waals surface area contributed by atoms with Crippen molar-refractivity contribution < 1.29 is 14.3 Å². The van der Waals surface area contributed by atoms with Crippen molar-refractivity contribution >= 4 is 11.5 Å². The molecule has 1 heterocycles. The number of rotatable bonds is 7. The summed E-state index contributed by atoms with van der Waals surface area (Å²) in [6.45, 7) is 8.63. The highest BCUT2D eigenvalue weighted by molar-refractivity contribution is 5.86.